The molecule has 1 aromatic heterocycles. The molecule has 1 amide bonds. The number of amides is 1. The zero-order valence-electron chi connectivity index (χ0n) is 15.0. The second-order valence-electron chi connectivity index (χ2n) is 6.47. The van der Waals surface area contributed by atoms with Crippen LogP contribution in [0.4, 0.5) is 0 Å². The second-order valence-corrected chi connectivity index (χ2v) is 6.47. The predicted octanol–water partition coefficient (Wildman–Crippen LogP) is 2.41. The largest absolute Gasteiger partial charge is 0.381 e. The van der Waals surface area contributed by atoms with Crippen LogP contribution in [-0.2, 0) is 16.0 Å². The van der Waals surface area contributed by atoms with E-state index in [1.807, 2.05) is 24.3 Å². The molecule has 3 N–H and O–H groups in total. The molecule has 1 aliphatic heterocycles. The highest BCUT2D eigenvalue weighted by molar-refractivity contribution is 5.86. The number of rotatable bonds is 5. The summed E-state index contributed by atoms with van der Waals surface area (Å²) in [5, 5.41) is 6.89. The van der Waals surface area contributed by atoms with Crippen LogP contribution in [0.2, 0.25) is 0 Å². The van der Waals surface area contributed by atoms with Crippen LogP contribution >= 0.6 is 12.4 Å². The SMILES string of the molecule is CCc1ccc(-c2noc(C(C)NC(=O)C3(N)CCOCC3)n2)cc1.Cl. The molecule has 3 rings (SSSR count). The molecule has 2 heterocycles. The molecule has 2 aromatic rings. The van der Waals surface area contributed by atoms with E-state index in [2.05, 4.69) is 22.4 Å². The molecule has 1 fully saturated rings. The van der Waals surface area contributed by atoms with Gasteiger partial charge in [-0.15, -0.1) is 12.4 Å². The van der Waals surface area contributed by atoms with Crippen molar-refractivity contribution in [3.63, 3.8) is 0 Å². The minimum absolute atomic E-state index is 0. The molecule has 0 saturated carbocycles. The van der Waals surface area contributed by atoms with E-state index >= 15 is 0 Å². The van der Waals surface area contributed by atoms with Gasteiger partial charge in [0.15, 0.2) is 0 Å². The molecule has 0 aliphatic carbocycles. The fourth-order valence-corrected chi connectivity index (χ4v) is 2.78. The Bertz CT molecular complexity index is 726. The number of hydrogen-bond acceptors (Lipinski definition) is 6. The first kappa shape index (κ1) is 20.4. The Morgan fingerprint density at radius 2 is 1.96 bits per heavy atom. The summed E-state index contributed by atoms with van der Waals surface area (Å²) in [4.78, 5) is 16.9. The maximum Gasteiger partial charge on any atom is 0.249 e. The zero-order chi connectivity index (χ0) is 17.9. The first-order chi connectivity index (χ1) is 12.0. The van der Waals surface area contributed by atoms with Gasteiger partial charge < -0.3 is 20.3 Å². The Morgan fingerprint density at radius 3 is 2.58 bits per heavy atom. The molecular formula is C18H25ClN4O3. The minimum Gasteiger partial charge on any atom is -0.381 e. The van der Waals surface area contributed by atoms with E-state index in [9.17, 15) is 4.79 Å². The number of aryl methyl sites for hydroxylation is 1. The molecule has 1 aliphatic rings. The van der Waals surface area contributed by atoms with Crippen molar-refractivity contribution in [2.45, 2.75) is 44.7 Å². The van der Waals surface area contributed by atoms with Crippen LogP contribution in [-0.4, -0.2) is 34.8 Å². The fourth-order valence-electron chi connectivity index (χ4n) is 2.78. The summed E-state index contributed by atoms with van der Waals surface area (Å²) >= 11 is 0. The molecule has 7 nitrogen and oxygen atoms in total. The lowest BCUT2D eigenvalue weighted by Crippen LogP contribution is -2.57. The molecule has 1 aromatic carbocycles. The van der Waals surface area contributed by atoms with E-state index in [4.69, 9.17) is 15.0 Å². The Hall–Kier alpha value is -1.96. The van der Waals surface area contributed by atoms with Gasteiger partial charge >= 0.3 is 0 Å². The maximum atomic E-state index is 12.5. The normalized spacial score (nSPS) is 17.2. The van der Waals surface area contributed by atoms with E-state index in [-0.39, 0.29) is 18.3 Å². The lowest BCUT2D eigenvalue weighted by molar-refractivity contribution is -0.130. The van der Waals surface area contributed by atoms with Crippen molar-refractivity contribution < 1.29 is 14.1 Å². The molecule has 1 atom stereocenters. The second kappa shape index (κ2) is 8.62. The molecule has 8 heteroatoms. The maximum absolute atomic E-state index is 12.5. The van der Waals surface area contributed by atoms with Crippen molar-refractivity contribution in [3.05, 3.63) is 35.7 Å². The summed E-state index contributed by atoms with van der Waals surface area (Å²) in [7, 11) is 0. The molecule has 1 saturated heterocycles. The fraction of sp³-hybridized carbons (Fsp3) is 0.500. The average Bonchev–Trinajstić information content (AvgIpc) is 3.12. The van der Waals surface area contributed by atoms with E-state index in [0.717, 1.165) is 12.0 Å². The van der Waals surface area contributed by atoms with Crippen LogP contribution in [0.1, 0.15) is 44.2 Å². The van der Waals surface area contributed by atoms with Crippen LogP contribution < -0.4 is 11.1 Å². The molecule has 1 unspecified atom stereocenters. The third kappa shape index (κ3) is 4.41. The average molecular weight is 381 g/mol. The van der Waals surface area contributed by atoms with Crippen LogP contribution in [0.3, 0.4) is 0 Å². The van der Waals surface area contributed by atoms with Gasteiger partial charge in [0.1, 0.15) is 6.04 Å². The number of ether oxygens (including phenoxy) is 1. The van der Waals surface area contributed by atoms with E-state index in [1.54, 1.807) is 6.92 Å². The van der Waals surface area contributed by atoms with Gasteiger partial charge in [0.2, 0.25) is 17.6 Å². The van der Waals surface area contributed by atoms with Gasteiger partial charge in [-0.1, -0.05) is 36.3 Å². The predicted molar refractivity (Wildman–Crippen MR) is 99.9 cm³/mol. The number of carbonyl (C=O) groups is 1. The van der Waals surface area contributed by atoms with Gasteiger partial charge in [-0.2, -0.15) is 4.98 Å². The van der Waals surface area contributed by atoms with Gasteiger partial charge in [0.05, 0.1) is 5.54 Å². The van der Waals surface area contributed by atoms with Gasteiger partial charge in [-0.05, 0) is 31.7 Å². The number of nitrogens with two attached hydrogens (primary N) is 1. The van der Waals surface area contributed by atoms with Gasteiger partial charge in [-0.25, -0.2) is 0 Å². The summed E-state index contributed by atoms with van der Waals surface area (Å²) in [6, 6.07) is 7.60. The Balaban J connectivity index is 0.00000243. The molecular weight excluding hydrogens is 356 g/mol. The van der Waals surface area contributed by atoms with Crippen molar-refractivity contribution in [2.24, 2.45) is 5.73 Å². The smallest absolute Gasteiger partial charge is 0.249 e. The van der Waals surface area contributed by atoms with E-state index in [1.165, 1.54) is 5.56 Å². The molecule has 0 radical (unpaired) electrons. The van der Waals surface area contributed by atoms with Gasteiger partial charge in [0.25, 0.3) is 0 Å². The topological polar surface area (TPSA) is 103 Å². The van der Waals surface area contributed by atoms with E-state index in [0.29, 0.717) is 37.8 Å². The number of benzene rings is 1. The van der Waals surface area contributed by atoms with Gasteiger partial charge in [-0.3, -0.25) is 4.79 Å². The Kier molecular flexibility index (Phi) is 6.75. The molecule has 26 heavy (non-hydrogen) atoms. The van der Waals surface area contributed by atoms with Crippen LogP contribution in [0.15, 0.2) is 28.8 Å². The van der Waals surface area contributed by atoms with E-state index < -0.39 is 11.6 Å². The zero-order valence-corrected chi connectivity index (χ0v) is 15.8. The summed E-state index contributed by atoms with van der Waals surface area (Å²) in [6.45, 7) is 4.90. The minimum atomic E-state index is -0.897. The number of halogens is 1. The Labute approximate surface area is 159 Å². The number of hydrogen-bond donors (Lipinski definition) is 2. The van der Waals surface area contributed by atoms with Crippen molar-refractivity contribution in [1.29, 1.82) is 0 Å². The highest BCUT2D eigenvalue weighted by Gasteiger charge is 2.37. The van der Waals surface area contributed by atoms with Crippen molar-refractivity contribution in [1.82, 2.24) is 15.5 Å². The van der Waals surface area contributed by atoms with Crippen LogP contribution in [0.5, 0.6) is 0 Å². The quantitative estimate of drug-likeness (QED) is 0.825. The highest BCUT2D eigenvalue weighted by Crippen LogP contribution is 2.22. The number of nitrogens with zero attached hydrogens (tertiary/aromatic N) is 2. The Morgan fingerprint density at radius 1 is 1.31 bits per heavy atom. The summed E-state index contributed by atoms with van der Waals surface area (Å²) < 4.78 is 10.6. The van der Waals surface area contributed by atoms with Crippen molar-refractivity contribution in [2.75, 3.05) is 13.2 Å². The molecule has 0 bridgehead atoms. The summed E-state index contributed by atoms with van der Waals surface area (Å²) in [5.41, 5.74) is 7.42. The third-order valence-corrected chi connectivity index (χ3v) is 4.62. The standard InChI is InChI=1S/C18H24N4O3.ClH/c1-3-13-4-6-14(7-5-13)15-21-16(25-22-15)12(2)20-17(23)18(19)8-10-24-11-9-18;/h4-7,12H,3,8-11,19H2,1-2H3,(H,20,23);1H. The first-order valence-electron chi connectivity index (χ1n) is 8.62. The summed E-state index contributed by atoms with van der Waals surface area (Å²) in [6.07, 6.45) is 1.99. The monoisotopic (exact) mass is 380 g/mol. The van der Waals surface area contributed by atoms with Crippen molar-refractivity contribution >= 4 is 18.3 Å². The highest BCUT2D eigenvalue weighted by atomic mass is 35.5. The van der Waals surface area contributed by atoms with Crippen molar-refractivity contribution in [3.8, 4) is 11.4 Å². The first-order valence-corrected chi connectivity index (χ1v) is 8.62. The number of carbonyl (C=O) groups excluding carboxylic acids is 1. The lowest BCUT2D eigenvalue weighted by Gasteiger charge is -2.32. The molecule has 0 spiro atoms. The molecule has 142 valence electrons. The number of nitrogens with one attached hydrogen (secondary N) is 1. The summed E-state index contributed by atoms with van der Waals surface area (Å²) in [5.74, 6) is 0.654. The lowest BCUT2D eigenvalue weighted by atomic mass is 9.90. The van der Waals surface area contributed by atoms with Crippen LogP contribution in [0, 0.1) is 0 Å². The third-order valence-electron chi connectivity index (χ3n) is 4.62. The van der Waals surface area contributed by atoms with Gasteiger partial charge in [0, 0.05) is 18.8 Å². The number of aromatic nitrogens is 2. The van der Waals surface area contributed by atoms with Crippen LogP contribution in [0.25, 0.3) is 11.4 Å².